The predicted octanol–water partition coefficient (Wildman–Crippen LogP) is 3.70. The lowest BCUT2D eigenvalue weighted by molar-refractivity contribution is 0.222. The second-order valence-corrected chi connectivity index (χ2v) is 8.54. The van der Waals surface area contributed by atoms with Crippen LogP contribution in [0.4, 0.5) is 0 Å². The van der Waals surface area contributed by atoms with E-state index in [4.69, 9.17) is 14.5 Å². The Bertz CT molecular complexity index is 1070. The smallest absolute Gasteiger partial charge is 0.235 e. The standard InChI is InChI=1S/C25H30N6O2/c1-19-16-21(29-25(28-19)31-12-9-26-18-31)22-8-5-11-30(22)13-10-27-24(20-6-3-2-4-7-20)23-17-32-14-15-33-23/h2-3,6,9,12,14-18,22,24,27H,4-5,7-8,10-11,13H2,1H3. The Hall–Kier alpha value is -3.23. The van der Waals surface area contributed by atoms with Crippen LogP contribution in [0.2, 0.25) is 0 Å². The van der Waals surface area contributed by atoms with Crippen LogP contribution in [0.3, 0.4) is 0 Å². The van der Waals surface area contributed by atoms with Gasteiger partial charge >= 0.3 is 0 Å². The molecule has 172 valence electrons. The van der Waals surface area contributed by atoms with E-state index in [-0.39, 0.29) is 6.04 Å². The molecule has 3 aliphatic rings. The number of likely N-dealkylation sites (tertiary alicyclic amines) is 1. The molecular weight excluding hydrogens is 416 g/mol. The molecular formula is C25H30N6O2. The maximum absolute atomic E-state index is 5.76. The van der Waals surface area contributed by atoms with Crippen LogP contribution in [0.1, 0.15) is 43.1 Å². The third-order valence-electron chi connectivity index (χ3n) is 6.27. The monoisotopic (exact) mass is 446 g/mol. The molecule has 0 radical (unpaired) electrons. The first-order valence-corrected chi connectivity index (χ1v) is 11.6. The highest BCUT2D eigenvalue weighted by Gasteiger charge is 2.28. The summed E-state index contributed by atoms with van der Waals surface area (Å²) in [6, 6.07) is 2.42. The summed E-state index contributed by atoms with van der Waals surface area (Å²) in [5.74, 6) is 1.48. The summed E-state index contributed by atoms with van der Waals surface area (Å²) >= 11 is 0. The maximum Gasteiger partial charge on any atom is 0.235 e. The van der Waals surface area contributed by atoms with Crippen molar-refractivity contribution in [3.63, 3.8) is 0 Å². The minimum Gasteiger partial charge on any atom is -0.466 e. The quantitative estimate of drug-likeness (QED) is 0.662. The molecule has 8 heteroatoms. The van der Waals surface area contributed by atoms with Crippen molar-refractivity contribution >= 4 is 0 Å². The Morgan fingerprint density at radius 2 is 2.24 bits per heavy atom. The van der Waals surface area contributed by atoms with Gasteiger partial charge in [-0.2, -0.15) is 0 Å². The summed E-state index contributed by atoms with van der Waals surface area (Å²) in [6.45, 7) is 4.86. The van der Waals surface area contributed by atoms with Crippen LogP contribution in [-0.2, 0) is 9.47 Å². The van der Waals surface area contributed by atoms with Crippen LogP contribution in [0.15, 0.2) is 73.1 Å². The van der Waals surface area contributed by atoms with Gasteiger partial charge < -0.3 is 14.8 Å². The average Bonchev–Trinajstić information content (AvgIpc) is 3.55. The van der Waals surface area contributed by atoms with E-state index in [9.17, 15) is 0 Å². The molecule has 8 nitrogen and oxygen atoms in total. The summed E-state index contributed by atoms with van der Waals surface area (Å²) in [6.07, 6.45) is 21.0. The molecule has 4 heterocycles. The highest BCUT2D eigenvalue weighted by molar-refractivity contribution is 5.29. The summed E-state index contributed by atoms with van der Waals surface area (Å²) in [5, 5.41) is 3.71. The third-order valence-corrected chi connectivity index (χ3v) is 6.27. The van der Waals surface area contributed by atoms with Crippen LogP contribution in [0.5, 0.6) is 0 Å². The molecule has 0 spiro atoms. The van der Waals surface area contributed by atoms with Gasteiger partial charge in [-0.25, -0.2) is 15.0 Å². The minimum atomic E-state index is 0.00934. The van der Waals surface area contributed by atoms with E-state index >= 15 is 0 Å². The first kappa shape index (κ1) is 21.6. The normalized spacial score (nSPS) is 21.3. The van der Waals surface area contributed by atoms with E-state index in [2.05, 4.69) is 44.5 Å². The fourth-order valence-corrected chi connectivity index (χ4v) is 4.71. The van der Waals surface area contributed by atoms with Crippen molar-refractivity contribution < 1.29 is 9.47 Å². The largest absolute Gasteiger partial charge is 0.466 e. The number of hydrogen-bond acceptors (Lipinski definition) is 7. The maximum atomic E-state index is 5.76. The number of aryl methyl sites for hydroxylation is 1. The lowest BCUT2D eigenvalue weighted by atomic mass is 9.96. The first-order valence-electron chi connectivity index (χ1n) is 11.6. The van der Waals surface area contributed by atoms with Gasteiger partial charge in [-0.15, -0.1) is 0 Å². The molecule has 1 saturated heterocycles. The molecule has 1 N–H and O–H groups in total. The van der Waals surface area contributed by atoms with Gasteiger partial charge in [-0.3, -0.25) is 9.47 Å². The van der Waals surface area contributed by atoms with Gasteiger partial charge in [0.25, 0.3) is 0 Å². The number of aromatic nitrogens is 4. The van der Waals surface area contributed by atoms with Gasteiger partial charge in [0.2, 0.25) is 5.95 Å². The Morgan fingerprint density at radius 1 is 1.27 bits per heavy atom. The topological polar surface area (TPSA) is 77.3 Å². The zero-order chi connectivity index (χ0) is 22.5. The summed E-state index contributed by atoms with van der Waals surface area (Å²) in [4.78, 5) is 16.1. The summed E-state index contributed by atoms with van der Waals surface area (Å²) < 4.78 is 13.0. The van der Waals surface area contributed by atoms with E-state index in [1.807, 2.05) is 17.7 Å². The molecule has 0 amide bonds. The second-order valence-electron chi connectivity index (χ2n) is 8.54. The zero-order valence-corrected chi connectivity index (χ0v) is 18.9. The number of nitrogens with zero attached hydrogens (tertiary/aromatic N) is 5. The van der Waals surface area contributed by atoms with Crippen LogP contribution >= 0.6 is 0 Å². The van der Waals surface area contributed by atoms with Crippen molar-refractivity contribution in [2.45, 2.75) is 44.7 Å². The number of hydrogen-bond donors (Lipinski definition) is 1. The van der Waals surface area contributed by atoms with Crippen LogP contribution < -0.4 is 5.32 Å². The Morgan fingerprint density at radius 3 is 3.03 bits per heavy atom. The highest BCUT2D eigenvalue weighted by atomic mass is 16.5. The van der Waals surface area contributed by atoms with E-state index in [0.717, 1.165) is 56.0 Å². The van der Waals surface area contributed by atoms with Crippen molar-refractivity contribution in [2.75, 3.05) is 19.6 Å². The highest BCUT2D eigenvalue weighted by Crippen LogP contribution is 2.31. The van der Waals surface area contributed by atoms with E-state index in [0.29, 0.717) is 12.0 Å². The van der Waals surface area contributed by atoms with Crippen molar-refractivity contribution in [1.82, 2.24) is 29.7 Å². The van der Waals surface area contributed by atoms with E-state index in [1.54, 1.807) is 31.3 Å². The van der Waals surface area contributed by atoms with Gasteiger partial charge in [-0.05, 0) is 50.8 Å². The fraction of sp³-hybridized carbons (Fsp3) is 0.400. The zero-order valence-electron chi connectivity index (χ0n) is 18.9. The molecule has 2 aromatic rings. The predicted molar refractivity (Wildman–Crippen MR) is 125 cm³/mol. The lowest BCUT2D eigenvalue weighted by Gasteiger charge is -2.28. The molecule has 2 aliphatic heterocycles. The number of imidazole rings is 1. The van der Waals surface area contributed by atoms with Gasteiger partial charge in [0.1, 0.15) is 25.1 Å². The molecule has 2 atom stereocenters. The Labute approximate surface area is 194 Å². The molecule has 1 fully saturated rings. The van der Waals surface area contributed by atoms with Crippen LogP contribution in [0.25, 0.3) is 5.95 Å². The second kappa shape index (κ2) is 10.1. The first-order chi connectivity index (χ1) is 16.3. The summed E-state index contributed by atoms with van der Waals surface area (Å²) in [5.41, 5.74) is 3.37. The van der Waals surface area contributed by atoms with E-state index < -0.39 is 0 Å². The number of nitrogens with one attached hydrogen (secondary N) is 1. The molecule has 5 rings (SSSR count). The molecule has 33 heavy (non-hydrogen) atoms. The molecule has 2 aromatic heterocycles. The Balaban J connectivity index is 1.27. The molecule has 0 bridgehead atoms. The molecule has 2 unspecified atom stereocenters. The minimum absolute atomic E-state index is 0.00934. The summed E-state index contributed by atoms with van der Waals surface area (Å²) in [7, 11) is 0. The van der Waals surface area contributed by atoms with Gasteiger partial charge in [0.05, 0.1) is 17.8 Å². The fourth-order valence-electron chi connectivity index (χ4n) is 4.71. The van der Waals surface area contributed by atoms with Crippen molar-refractivity contribution in [3.8, 4) is 5.95 Å². The van der Waals surface area contributed by atoms with Crippen molar-refractivity contribution in [2.24, 2.45) is 0 Å². The van der Waals surface area contributed by atoms with Crippen LogP contribution in [0, 0.1) is 6.92 Å². The third kappa shape index (κ3) is 5.07. The van der Waals surface area contributed by atoms with Gasteiger partial charge in [0.15, 0.2) is 5.76 Å². The number of allylic oxidation sites excluding steroid dienone is 3. The lowest BCUT2D eigenvalue weighted by Crippen LogP contribution is -2.40. The molecule has 0 aromatic carbocycles. The average molecular weight is 447 g/mol. The van der Waals surface area contributed by atoms with Gasteiger partial charge in [-0.1, -0.05) is 18.2 Å². The van der Waals surface area contributed by atoms with Crippen molar-refractivity contribution in [3.05, 3.63) is 84.5 Å². The number of ether oxygens (including phenoxy) is 2. The van der Waals surface area contributed by atoms with E-state index in [1.165, 1.54) is 12.0 Å². The molecule has 0 saturated carbocycles. The van der Waals surface area contributed by atoms with Crippen LogP contribution in [-0.4, -0.2) is 50.1 Å². The van der Waals surface area contributed by atoms with Gasteiger partial charge in [0, 0.05) is 31.2 Å². The number of rotatable bonds is 8. The Kier molecular flexibility index (Phi) is 6.64. The van der Waals surface area contributed by atoms with Crippen molar-refractivity contribution in [1.29, 1.82) is 0 Å². The molecule has 1 aliphatic carbocycles. The SMILES string of the molecule is Cc1cc(C2CCCN2CCNC(C2=CC=CCC2)C2=COC=CO2)nc(-n2ccnc2)n1.